The van der Waals surface area contributed by atoms with Crippen molar-refractivity contribution < 1.29 is 0 Å². The maximum absolute atomic E-state index is 6.16. The van der Waals surface area contributed by atoms with Gasteiger partial charge in [-0.05, 0) is 24.3 Å². The number of halogens is 2. The third kappa shape index (κ3) is 3.93. The zero-order valence-corrected chi connectivity index (χ0v) is 16.1. The first-order valence-electron chi connectivity index (χ1n) is 8.55. The molecule has 6 heteroatoms. The first-order chi connectivity index (χ1) is 13.7. The molecule has 136 valence electrons. The van der Waals surface area contributed by atoms with E-state index in [0.29, 0.717) is 16.1 Å². The zero-order chi connectivity index (χ0) is 19.3. The number of rotatable bonds is 1. The van der Waals surface area contributed by atoms with Gasteiger partial charge < -0.3 is 0 Å². The molecular weight excluding hydrogens is 391 g/mol. The molecule has 0 bridgehead atoms. The monoisotopic (exact) mass is 404 g/mol. The van der Waals surface area contributed by atoms with Crippen molar-refractivity contribution in [3.63, 3.8) is 0 Å². The highest BCUT2D eigenvalue weighted by molar-refractivity contribution is 6.34. The van der Waals surface area contributed by atoms with Crippen LogP contribution >= 0.6 is 23.2 Å². The lowest BCUT2D eigenvalue weighted by atomic mass is 10.2. The van der Waals surface area contributed by atoms with Crippen LogP contribution in [0.25, 0.3) is 33.2 Å². The molecule has 3 aromatic carbocycles. The Morgan fingerprint density at radius 3 is 1.86 bits per heavy atom. The molecular formula is C22H14Cl2N4. The summed E-state index contributed by atoms with van der Waals surface area (Å²) in [6.45, 7) is 0. The smallest absolute Gasteiger partial charge is 0.161 e. The molecule has 0 N–H and O–H groups in total. The molecule has 0 aliphatic carbocycles. The van der Waals surface area contributed by atoms with E-state index in [2.05, 4.69) is 19.9 Å². The molecule has 2 heterocycles. The van der Waals surface area contributed by atoms with Gasteiger partial charge in [-0.25, -0.2) is 19.9 Å². The van der Waals surface area contributed by atoms with Gasteiger partial charge in [0.2, 0.25) is 0 Å². The molecule has 4 nitrogen and oxygen atoms in total. The molecule has 0 spiro atoms. The van der Waals surface area contributed by atoms with Crippen LogP contribution in [0.2, 0.25) is 10.3 Å². The van der Waals surface area contributed by atoms with Crippen molar-refractivity contribution in [1.29, 1.82) is 0 Å². The van der Waals surface area contributed by atoms with Gasteiger partial charge in [-0.1, -0.05) is 77.8 Å². The van der Waals surface area contributed by atoms with Gasteiger partial charge >= 0.3 is 0 Å². The van der Waals surface area contributed by atoms with Crippen molar-refractivity contribution in [2.75, 3.05) is 0 Å². The van der Waals surface area contributed by atoms with Crippen LogP contribution in [0.15, 0.2) is 85.2 Å². The first kappa shape index (κ1) is 18.3. The number of benzene rings is 3. The second kappa shape index (κ2) is 8.30. The molecule has 0 radical (unpaired) electrons. The van der Waals surface area contributed by atoms with E-state index in [4.69, 9.17) is 23.2 Å². The van der Waals surface area contributed by atoms with Crippen molar-refractivity contribution in [1.82, 2.24) is 19.9 Å². The Hall–Kier alpha value is -3.08. The minimum atomic E-state index is 0.495. The fraction of sp³-hybridized carbons (Fsp3) is 0. The van der Waals surface area contributed by atoms with Crippen molar-refractivity contribution in [2.45, 2.75) is 0 Å². The van der Waals surface area contributed by atoms with Gasteiger partial charge in [0.05, 0.1) is 11.0 Å². The van der Waals surface area contributed by atoms with E-state index < -0.39 is 0 Å². The van der Waals surface area contributed by atoms with Gasteiger partial charge in [0, 0.05) is 16.3 Å². The Balaban J connectivity index is 0.000000151. The highest BCUT2D eigenvalue weighted by Gasteiger charge is 2.06. The van der Waals surface area contributed by atoms with Crippen molar-refractivity contribution >= 4 is 45.0 Å². The average Bonchev–Trinajstić information content (AvgIpc) is 2.75. The topological polar surface area (TPSA) is 51.6 Å². The summed E-state index contributed by atoms with van der Waals surface area (Å²) in [5.74, 6) is 0.661. The zero-order valence-electron chi connectivity index (χ0n) is 14.6. The van der Waals surface area contributed by atoms with Crippen LogP contribution < -0.4 is 0 Å². The molecule has 5 rings (SSSR count). The summed E-state index contributed by atoms with van der Waals surface area (Å²) in [7, 11) is 0. The largest absolute Gasteiger partial charge is 0.236 e. The van der Waals surface area contributed by atoms with E-state index in [1.165, 1.54) is 6.33 Å². The Labute approximate surface area is 171 Å². The molecule has 2 aromatic heterocycles. The maximum atomic E-state index is 6.16. The van der Waals surface area contributed by atoms with Crippen LogP contribution in [0.5, 0.6) is 0 Å². The van der Waals surface area contributed by atoms with Crippen molar-refractivity contribution in [3.8, 4) is 11.4 Å². The molecule has 28 heavy (non-hydrogen) atoms. The maximum Gasteiger partial charge on any atom is 0.161 e. The Bertz CT molecular complexity index is 1240. The number of nitrogens with zero attached hydrogens (tertiary/aromatic N) is 4. The molecule has 5 aromatic rings. The summed E-state index contributed by atoms with van der Waals surface area (Å²) in [6, 6.07) is 25.2. The number of aromatic nitrogens is 4. The van der Waals surface area contributed by atoms with Crippen LogP contribution in [0.4, 0.5) is 0 Å². The molecule has 0 fully saturated rings. The Kier molecular flexibility index (Phi) is 5.42. The highest BCUT2D eigenvalue weighted by atomic mass is 35.5. The van der Waals surface area contributed by atoms with Crippen LogP contribution in [0.3, 0.4) is 0 Å². The van der Waals surface area contributed by atoms with Crippen LogP contribution in [-0.4, -0.2) is 19.9 Å². The number of hydrogen-bond acceptors (Lipinski definition) is 4. The molecule has 0 amide bonds. The summed E-state index contributed by atoms with van der Waals surface area (Å²) in [5, 5.41) is 2.79. The minimum absolute atomic E-state index is 0.495. The normalized spacial score (nSPS) is 10.5. The third-order valence-corrected chi connectivity index (χ3v) is 4.67. The fourth-order valence-corrected chi connectivity index (χ4v) is 3.17. The summed E-state index contributed by atoms with van der Waals surface area (Å²) in [4.78, 5) is 16.7. The summed E-state index contributed by atoms with van der Waals surface area (Å²) >= 11 is 12.0. The second-order valence-electron chi connectivity index (χ2n) is 5.90. The lowest BCUT2D eigenvalue weighted by molar-refractivity contribution is 1.22. The Morgan fingerprint density at radius 1 is 0.536 bits per heavy atom. The van der Waals surface area contributed by atoms with E-state index in [9.17, 15) is 0 Å². The molecule has 0 aliphatic rings. The van der Waals surface area contributed by atoms with Crippen LogP contribution in [-0.2, 0) is 0 Å². The van der Waals surface area contributed by atoms with E-state index >= 15 is 0 Å². The van der Waals surface area contributed by atoms with Crippen molar-refractivity contribution in [2.24, 2.45) is 0 Å². The number of para-hydroxylation sites is 2. The van der Waals surface area contributed by atoms with Gasteiger partial charge in [0.15, 0.2) is 5.82 Å². The van der Waals surface area contributed by atoms with Crippen LogP contribution in [0, 0.1) is 0 Å². The van der Waals surface area contributed by atoms with Gasteiger partial charge in [-0.15, -0.1) is 0 Å². The highest BCUT2D eigenvalue weighted by Crippen LogP contribution is 2.24. The van der Waals surface area contributed by atoms with E-state index in [1.54, 1.807) is 0 Å². The predicted octanol–water partition coefficient (Wildman–Crippen LogP) is 6.23. The van der Waals surface area contributed by atoms with E-state index in [-0.39, 0.29) is 0 Å². The molecule has 0 unspecified atom stereocenters. The van der Waals surface area contributed by atoms with Gasteiger partial charge in [-0.3, -0.25) is 0 Å². The molecule has 0 saturated carbocycles. The molecule has 0 aliphatic heterocycles. The van der Waals surface area contributed by atoms with Gasteiger partial charge in [0.25, 0.3) is 0 Å². The standard InChI is InChI=1S/C14H9ClN2.C8H5ClN2/c15-13-11-8-4-5-9-12(11)16-14(17-13)10-6-2-1-3-7-10;9-8-6-3-1-2-4-7(6)10-5-11-8/h1-9H;1-5H. The van der Waals surface area contributed by atoms with Crippen molar-refractivity contribution in [3.05, 3.63) is 95.5 Å². The quantitative estimate of drug-likeness (QED) is 0.310. The summed E-state index contributed by atoms with van der Waals surface area (Å²) in [5.41, 5.74) is 2.72. The fourth-order valence-electron chi connectivity index (χ4n) is 2.73. The van der Waals surface area contributed by atoms with E-state index in [1.807, 2.05) is 78.9 Å². The second-order valence-corrected chi connectivity index (χ2v) is 6.62. The lowest BCUT2D eigenvalue weighted by Gasteiger charge is -2.03. The summed E-state index contributed by atoms with van der Waals surface area (Å²) in [6.07, 6.45) is 1.46. The third-order valence-electron chi connectivity index (χ3n) is 4.08. The molecule has 0 atom stereocenters. The SMILES string of the molecule is Clc1nc(-c2ccccc2)nc2ccccc12.Clc1ncnc2ccccc12. The first-order valence-corrected chi connectivity index (χ1v) is 9.31. The summed E-state index contributed by atoms with van der Waals surface area (Å²) < 4.78 is 0. The Morgan fingerprint density at radius 2 is 1.14 bits per heavy atom. The average molecular weight is 405 g/mol. The number of fused-ring (bicyclic) bond motifs is 2. The van der Waals surface area contributed by atoms with Gasteiger partial charge in [-0.2, -0.15) is 0 Å². The van der Waals surface area contributed by atoms with Gasteiger partial charge in [0.1, 0.15) is 16.6 Å². The van der Waals surface area contributed by atoms with E-state index in [0.717, 1.165) is 27.4 Å². The van der Waals surface area contributed by atoms with Crippen LogP contribution in [0.1, 0.15) is 0 Å². The lowest BCUT2D eigenvalue weighted by Crippen LogP contribution is -1.91. The predicted molar refractivity (Wildman–Crippen MR) is 115 cm³/mol. The minimum Gasteiger partial charge on any atom is -0.236 e. The number of hydrogen-bond donors (Lipinski definition) is 0. The molecule has 0 saturated heterocycles.